The molecule has 0 saturated carbocycles. The summed E-state index contributed by atoms with van der Waals surface area (Å²) in [4.78, 5) is 24.6. The lowest BCUT2D eigenvalue weighted by atomic mass is 10.1. The zero-order chi connectivity index (χ0) is 26.0. The second kappa shape index (κ2) is 12.7. The third-order valence-corrected chi connectivity index (χ3v) is 6.46. The van der Waals surface area contributed by atoms with Crippen LogP contribution >= 0.6 is 15.9 Å². The first-order chi connectivity index (χ1) is 18.0. The highest BCUT2D eigenvalue weighted by molar-refractivity contribution is 9.10. The third kappa shape index (κ3) is 7.69. The van der Waals surface area contributed by atoms with Gasteiger partial charge in [0.15, 0.2) is 0 Å². The van der Waals surface area contributed by atoms with Gasteiger partial charge in [-0.25, -0.2) is 4.79 Å². The fraction of sp³-hybridized carbons (Fsp3) is 0.133. The van der Waals surface area contributed by atoms with Crippen LogP contribution in [0.25, 0.3) is 0 Å². The standard InChI is InChI=1S/C30H26BrNO5/c31-27-9-5-4-8-24(27)20-37-26-16-12-23(13-17-26)29(33)32-28(30(34)35)18-21-10-14-25(15-11-21)36-19-22-6-2-1-3-7-22/h1-17,28H,18-20H2,(H,32,33)(H,34,35)/t28-/m0/s1. The quantitative estimate of drug-likeness (QED) is 0.234. The summed E-state index contributed by atoms with van der Waals surface area (Å²) in [5.74, 6) is -0.277. The Hall–Kier alpha value is -4.10. The predicted molar refractivity (Wildman–Crippen MR) is 145 cm³/mol. The Morgan fingerprint density at radius 2 is 1.32 bits per heavy atom. The molecule has 1 amide bonds. The Morgan fingerprint density at radius 3 is 1.97 bits per heavy atom. The highest BCUT2D eigenvalue weighted by Crippen LogP contribution is 2.20. The van der Waals surface area contributed by atoms with E-state index in [4.69, 9.17) is 9.47 Å². The van der Waals surface area contributed by atoms with Gasteiger partial charge in [0.05, 0.1) is 0 Å². The smallest absolute Gasteiger partial charge is 0.326 e. The van der Waals surface area contributed by atoms with E-state index >= 15 is 0 Å². The van der Waals surface area contributed by atoms with Crippen molar-refractivity contribution < 1.29 is 24.2 Å². The van der Waals surface area contributed by atoms with E-state index < -0.39 is 17.9 Å². The molecule has 0 unspecified atom stereocenters. The third-order valence-electron chi connectivity index (χ3n) is 5.68. The molecule has 4 rings (SSSR count). The van der Waals surface area contributed by atoms with Gasteiger partial charge < -0.3 is 19.9 Å². The molecule has 0 bridgehead atoms. The van der Waals surface area contributed by atoms with Gasteiger partial charge in [0.25, 0.3) is 5.91 Å². The Balaban J connectivity index is 1.30. The maximum Gasteiger partial charge on any atom is 0.326 e. The molecule has 0 aliphatic carbocycles. The SMILES string of the molecule is O=C(N[C@@H](Cc1ccc(OCc2ccccc2)cc1)C(=O)O)c1ccc(OCc2ccccc2Br)cc1. The van der Waals surface area contributed by atoms with Gasteiger partial charge in [-0.05, 0) is 53.6 Å². The summed E-state index contributed by atoms with van der Waals surface area (Å²) in [7, 11) is 0. The van der Waals surface area contributed by atoms with E-state index in [0.29, 0.717) is 30.3 Å². The van der Waals surface area contributed by atoms with E-state index in [0.717, 1.165) is 21.2 Å². The second-order valence-electron chi connectivity index (χ2n) is 8.39. The highest BCUT2D eigenvalue weighted by Gasteiger charge is 2.21. The molecule has 2 N–H and O–H groups in total. The van der Waals surface area contributed by atoms with E-state index in [1.54, 1.807) is 48.5 Å². The summed E-state index contributed by atoms with van der Waals surface area (Å²) in [5, 5.41) is 12.3. The molecule has 4 aromatic rings. The van der Waals surface area contributed by atoms with Crippen LogP contribution in [-0.4, -0.2) is 23.0 Å². The lowest BCUT2D eigenvalue weighted by Crippen LogP contribution is -2.42. The van der Waals surface area contributed by atoms with Crippen molar-refractivity contribution in [1.82, 2.24) is 5.32 Å². The number of hydrogen-bond donors (Lipinski definition) is 2. The highest BCUT2D eigenvalue weighted by atomic mass is 79.9. The molecule has 1 atom stereocenters. The average molecular weight is 560 g/mol. The number of hydrogen-bond acceptors (Lipinski definition) is 4. The van der Waals surface area contributed by atoms with Crippen molar-refractivity contribution in [2.24, 2.45) is 0 Å². The van der Waals surface area contributed by atoms with Crippen LogP contribution < -0.4 is 14.8 Å². The number of aliphatic carboxylic acids is 1. The number of carbonyl (C=O) groups is 2. The lowest BCUT2D eigenvalue weighted by molar-refractivity contribution is -0.139. The summed E-state index contributed by atoms with van der Waals surface area (Å²) in [6.45, 7) is 0.825. The number of rotatable bonds is 11. The summed E-state index contributed by atoms with van der Waals surface area (Å²) >= 11 is 3.49. The van der Waals surface area contributed by atoms with Gasteiger partial charge in [-0.1, -0.05) is 76.6 Å². The van der Waals surface area contributed by atoms with Crippen molar-refractivity contribution in [3.05, 3.63) is 130 Å². The first-order valence-electron chi connectivity index (χ1n) is 11.7. The molecular formula is C30H26BrNO5. The number of carboxylic acid groups (broad SMARTS) is 1. The summed E-state index contributed by atoms with van der Waals surface area (Å²) in [6, 6.07) is 30.3. The molecule has 0 fully saturated rings. The van der Waals surface area contributed by atoms with Crippen molar-refractivity contribution in [3.8, 4) is 11.5 Å². The van der Waals surface area contributed by atoms with Crippen molar-refractivity contribution >= 4 is 27.8 Å². The number of halogens is 1. The van der Waals surface area contributed by atoms with Gasteiger partial charge in [0.2, 0.25) is 0 Å². The molecule has 7 heteroatoms. The Bertz CT molecular complexity index is 1320. The van der Waals surface area contributed by atoms with Crippen LogP contribution in [0, 0.1) is 0 Å². The van der Waals surface area contributed by atoms with E-state index in [1.807, 2.05) is 54.6 Å². The number of carboxylic acids is 1. The van der Waals surface area contributed by atoms with Crippen molar-refractivity contribution in [1.29, 1.82) is 0 Å². The van der Waals surface area contributed by atoms with Gasteiger partial charge in [-0.3, -0.25) is 4.79 Å². The fourth-order valence-corrected chi connectivity index (χ4v) is 4.02. The number of carbonyl (C=O) groups excluding carboxylic acids is 1. The van der Waals surface area contributed by atoms with Gasteiger partial charge in [0, 0.05) is 22.0 Å². The molecule has 0 heterocycles. The van der Waals surface area contributed by atoms with Crippen molar-refractivity contribution in [2.75, 3.05) is 0 Å². The first kappa shape index (κ1) is 26.0. The number of benzene rings is 4. The minimum atomic E-state index is -1.11. The van der Waals surface area contributed by atoms with Gasteiger partial charge in [-0.15, -0.1) is 0 Å². The van der Waals surface area contributed by atoms with E-state index in [9.17, 15) is 14.7 Å². The topological polar surface area (TPSA) is 84.9 Å². The number of amides is 1. The lowest BCUT2D eigenvalue weighted by Gasteiger charge is -2.15. The van der Waals surface area contributed by atoms with Crippen LogP contribution in [0.2, 0.25) is 0 Å². The fourth-order valence-electron chi connectivity index (χ4n) is 3.62. The Labute approximate surface area is 224 Å². The molecule has 37 heavy (non-hydrogen) atoms. The minimum Gasteiger partial charge on any atom is -0.489 e. The summed E-state index contributed by atoms with van der Waals surface area (Å²) in [6.07, 6.45) is 0.146. The van der Waals surface area contributed by atoms with E-state index in [1.165, 1.54) is 0 Å². The number of nitrogens with one attached hydrogen (secondary N) is 1. The van der Waals surface area contributed by atoms with E-state index in [-0.39, 0.29) is 6.42 Å². The maximum absolute atomic E-state index is 12.7. The van der Waals surface area contributed by atoms with Crippen LogP contribution in [0.15, 0.2) is 108 Å². The largest absolute Gasteiger partial charge is 0.489 e. The normalized spacial score (nSPS) is 11.4. The minimum absolute atomic E-state index is 0.146. The summed E-state index contributed by atoms with van der Waals surface area (Å²) in [5.41, 5.74) is 3.19. The molecule has 0 spiro atoms. The van der Waals surface area contributed by atoms with E-state index in [2.05, 4.69) is 21.2 Å². The first-order valence-corrected chi connectivity index (χ1v) is 12.5. The molecule has 0 aliphatic rings. The number of ether oxygens (including phenoxy) is 2. The molecule has 4 aromatic carbocycles. The average Bonchev–Trinajstić information content (AvgIpc) is 2.92. The van der Waals surface area contributed by atoms with Crippen LogP contribution in [0.4, 0.5) is 0 Å². The maximum atomic E-state index is 12.7. The van der Waals surface area contributed by atoms with Crippen LogP contribution in [0.1, 0.15) is 27.0 Å². The molecule has 0 aliphatic heterocycles. The van der Waals surface area contributed by atoms with Crippen LogP contribution in [0.5, 0.6) is 11.5 Å². The van der Waals surface area contributed by atoms with Crippen LogP contribution in [-0.2, 0) is 24.4 Å². The Morgan fingerprint density at radius 1 is 0.730 bits per heavy atom. The molecule has 6 nitrogen and oxygen atoms in total. The Kier molecular flexibility index (Phi) is 8.94. The zero-order valence-corrected chi connectivity index (χ0v) is 21.6. The monoisotopic (exact) mass is 559 g/mol. The van der Waals surface area contributed by atoms with Gasteiger partial charge >= 0.3 is 5.97 Å². The predicted octanol–water partition coefficient (Wildman–Crippen LogP) is 6.03. The van der Waals surface area contributed by atoms with Gasteiger partial charge in [-0.2, -0.15) is 0 Å². The second-order valence-corrected chi connectivity index (χ2v) is 9.25. The van der Waals surface area contributed by atoms with Gasteiger partial charge in [0.1, 0.15) is 30.8 Å². The molecule has 0 radical (unpaired) electrons. The van der Waals surface area contributed by atoms with Crippen LogP contribution in [0.3, 0.4) is 0 Å². The van der Waals surface area contributed by atoms with Crippen molar-refractivity contribution in [3.63, 3.8) is 0 Å². The van der Waals surface area contributed by atoms with Crippen molar-refractivity contribution in [2.45, 2.75) is 25.7 Å². The molecular weight excluding hydrogens is 534 g/mol. The zero-order valence-electron chi connectivity index (χ0n) is 20.0. The molecule has 0 saturated heterocycles. The summed E-state index contributed by atoms with van der Waals surface area (Å²) < 4.78 is 12.5. The molecule has 188 valence electrons. The molecule has 0 aromatic heterocycles.